The van der Waals surface area contributed by atoms with Crippen LogP contribution in [0, 0.1) is 5.92 Å². The summed E-state index contributed by atoms with van der Waals surface area (Å²) in [6.07, 6.45) is 1.49. The molecule has 116 valence electrons. The summed E-state index contributed by atoms with van der Waals surface area (Å²) in [5, 5.41) is 10.2. The molecule has 0 radical (unpaired) electrons. The first-order valence-corrected chi connectivity index (χ1v) is 9.45. The Bertz CT molecular complexity index is 515. The van der Waals surface area contributed by atoms with E-state index < -0.39 is 22.2 Å². The van der Waals surface area contributed by atoms with Gasteiger partial charge in [-0.05, 0) is 24.5 Å². The van der Waals surface area contributed by atoms with E-state index in [1.165, 1.54) is 6.07 Å². The van der Waals surface area contributed by atoms with Crippen LogP contribution in [-0.2, 0) is 10.0 Å². The number of halogens is 1. The second kappa shape index (κ2) is 7.75. The first-order valence-electron chi connectivity index (χ1n) is 6.77. The Balaban J connectivity index is 2.94. The molecule has 1 heterocycles. The molecule has 7 heteroatoms. The molecule has 0 spiro atoms. The molecule has 0 saturated carbocycles. The predicted molar refractivity (Wildman–Crippen MR) is 83.8 cm³/mol. The van der Waals surface area contributed by atoms with E-state index in [-0.39, 0.29) is 10.1 Å². The molecule has 0 amide bonds. The van der Waals surface area contributed by atoms with E-state index in [1.807, 2.05) is 20.8 Å². The van der Waals surface area contributed by atoms with Gasteiger partial charge in [0.15, 0.2) is 0 Å². The molecule has 0 bridgehead atoms. The number of rotatable bonds is 8. The van der Waals surface area contributed by atoms with E-state index in [0.29, 0.717) is 10.8 Å². The van der Waals surface area contributed by atoms with Gasteiger partial charge in [0, 0.05) is 0 Å². The maximum atomic E-state index is 12.3. The fraction of sp³-hybridized carbons (Fsp3) is 0.692. The number of aliphatic hydroxyl groups is 1. The molecule has 3 atom stereocenters. The van der Waals surface area contributed by atoms with E-state index in [9.17, 15) is 13.5 Å². The van der Waals surface area contributed by atoms with Gasteiger partial charge in [-0.1, -0.05) is 45.2 Å². The highest BCUT2D eigenvalue weighted by Crippen LogP contribution is 2.26. The average Bonchev–Trinajstić information content (AvgIpc) is 2.83. The molecule has 0 aliphatic rings. The molecular weight excluding hydrogens is 318 g/mol. The highest BCUT2D eigenvalue weighted by molar-refractivity contribution is 7.91. The summed E-state index contributed by atoms with van der Waals surface area (Å²) < 4.78 is 27.9. The van der Waals surface area contributed by atoms with Crippen molar-refractivity contribution in [2.75, 3.05) is 0 Å². The Morgan fingerprint density at radius 2 is 2.05 bits per heavy atom. The highest BCUT2D eigenvalue weighted by atomic mass is 35.5. The third-order valence-corrected chi connectivity index (χ3v) is 6.54. The normalized spacial score (nSPS) is 16.9. The van der Waals surface area contributed by atoms with Gasteiger partial charge >= 0.3 is 0 Å². The summed E-state index contributed by atoms with van der Waals surface area (Å²) in [6.45, 7) is 5.88. The van der Waals surface area contributed by atoms with E-state index in [0.717, 1.165) is 24.2 Å². The lowest BCUT2D eigenvalue weighted by Gasteiger charge is -2.28. The van der Waals surface area contributed by atoms with Crippen molar-refractivity contribution in [3.63, 3.8) is 0 Å². The number of sulfonamides is 1. The zero-order chi connectivity index (χ0) is 15.3. The van der Waals surface area contributed by atoms with Gasteiger partial charge in [-0.15, -0.1) is 11.3 Å². The molecule has 1 aromatic rings. The minimum absolute atomic E-state index is 0.0572. The molecule has 0 saturated heterocycles. The summed E-state index contributed by atoms with van der Waals surface area (Å²) in [5.74, 6) is 0.0572. The minimum atomic E-state index is -3.63. The van der Waals surface area contributed by atoms with Crippen LogP contribution in [-0.4, -0.2) is 25.7 Å². The molecule has 1 aromatic heterocycles. The van der Waals surface area contributed by atoms with Gasteiger partial charge in [0.05, 0.1) is 16.5 Å². The van der Waals surface area contributed by atoms with Crippen molar-refractivity contribution in [1.82, 2.24) is 4.72 Å². The quantitative estimate of drug-likeness (QED) is 0.764. The van der Waals surface area contributed by atoms with Gasteiger partial charge < -0.3 is 5.11 Å². The lowest BCUT2D eigenvalue weighted by Crippen LogP contribution is -2.47. The van der Waals surface area contributed by atoms with Crippen LogP contribution in [0.25, 0.3) is 0 Å². The van der Waals surface area contributed by atoms with E-state index in [4.69, 9.17) is 11.6 Å². The molecule has 20 heavy (non-hydrogen) atoms. The van der Waals surface area contributed by atoms with Gasteiger partial charge in [-0.25, -0.2) is 13.1 Å². The van der Waals surface area contributed by atoms with Crippen molar-refractivity contribution in [2.45, 2.75) is 56.4 Å². The molecule has 0 aromatic carbocycles. The largest absolute Gasteiger partial charge is 0.391 e. The standard InChI is InChI=1S/C13H22ClNO3S2/c1-4-6-10(16)13(9(3)5-2)15-20(17,18)12-8-7-11(14)19-12/h7-10,13,15-16H,4-6H2,1-3H3/t9-,10?,13+/m0/s1. The van der Waals surface area contributed by atoms with Gasteiger partial charge in [0.2, 0.25) is 10.0 Å². The van der Waals surface area contributed by atoms with Crippen LogP contribution in [0.15, 0.2) is 16.3 Å². The first kappa shape index (κ1) is 17.9. The van der Waals surface area contributed by atoms with Crippen LogP contribution in [0.2, 0.25) is 4.34 Å². The van der Waals surface area contributed by atoms with Crippen LogP contribution in [0.4, 0.5) is 0 Å². The third kappa shape index (κ3) is 4.70. The zero-order valence-corrected chi connectivity index (χ0v) is 14.4. The molecule has 0 aliphatic heterocycles. The van der Waals surface area contributed by atoms with Crippen LogP contribution in [0.1, 0.15) is 40.0 Å². The molecular formula is C13H22ClNO3S2. The van der Waals surface area contributed by atoms with Crippen LogP contribution < -0.4 is 4.72 Å². The molecule has 0 aliphatic carbocycles. The number of aliphatic hydroxyl groups excluding tert-OH is 1. The second-order valence-corrected chi connectivity index (χ2v) is 8.60. The van der Waals surface area contributed by atoms with Crippen molar-refractivity contribution in [3.8, 4) is 0 Å². The second-order valence-electron chi connectivity index (χ2n) is 4.95. The molecule has 1 unspecified atom stereocenters. The summed E-state index contributed by atoms with van der Waals surface area (Å²) in [6, 6.07) is 2.56. The van der Waals surface area contributed by atoms with Crippen molar-refractivity contribution < 1.29 is 13.5 Å². The van der Waals surface area contributed by atoms with Crippen LogP contribution in [0.5, 0.6) is 0 Å². The van der Waals surface area contributed by atoms with Crippen molar-refractivity contribution in [2.24, 2.45) is 5.92 Å². The van der Waals surface area contributed by atoms with E-state index in [2.05, 4.69) is 4.72 Å². The van der Waals surface area contributed by atoms with Crippen molar-refractivity contribution in [3.05, 3.63) is 16.5 Å². The average molecular weight is 340 g/mol. The fourth-order valence-electron chi connectivity index (χ4n) is 1.98. The lowest BCUT2D eigenvalue weighted by atomic mass is 9.93. The van der Waals surface area contributed by atoms with Crippen LogP contribution >= 0.6 is 22.9 Å². The maximum Gasteiger partial charge on any atom is 0.250 e. The summed E-state index contributed by atoms with van der Waals surface area (Å²) in [5.41, 5.74) is 0. The predicted octanol–water partition coefficient (Wildman–Crippen LogP) is 3.26. The van der Waals surface area contributed by atoms with Crippen molar-refractivity contribution >= 4 is 33.0 Å². The number of hydrogen-bond acceptors (Lipinski definition) is 4. The molecule has 1 rings (SSSR count). The number of hydrogen-bond donors (Lipinski definition) is 2. The zero-order valence-electron chi connectivity index (χ0n) is 12.0. The summed E-state index contributed by atoms with van der Waals surface area (Å²) >= 11 is 6.80. The summed E-state index contributed by atoms with van der Waals surface area (Å²) in [7, 11) is -3.63. The Morgan fingerprint density at radius 1 is 1.40 bits per heavy atom. The summed E-state index contributed by atoms with van der Waals surface area (Å²) in [4.78, 5) is 0. The lowest BCUT2D eigenvalue weighted by molar-refractivity contribution is 0.102. The topological polar surface area (TPSA) is 66.4 Å². The number of nitrogens with one attached hydrogen (secondary N) is 1. The van der Waals surface area contributed by atoms with E-state index in [1.54, 1.807) is 6.07 Å². The van der Waals surface area contributed by atoms with Crippen LogP contribution in [0.3, 0.4) is 0 Å². The Morgan fingerprint density at radius 3 is 2.50 bits per heavy atom. The van der Waals surface area contributed by atoms with Gasteiger partial charge in [-0.3, -0.25) is 0 Å². The van der Waals surface area contributed by atoms with E-state index >= 15 is 0 Å². The van der Waals surface area contributed by atoms with Gasteiger partial charge in [-0.2, -0.15) is 0 Å². The molecule has 0 fully saturated rings. The van der Waals surface area contributed by atoms with Crippen molar-refractivity contribution in [1.29, 1.82) is 0 Å². The first-order chi connectivity index (χ1) is 9.31. The molecule has 4 nitrogen and oxygen atoms in total. The Labute approximate surface area is 130 Å². The number of thiophene rings is 1. The fourth-order valence-corrected chi connectivity index (χ4v) is 4.86. The Hall–Kier alpha value is -0.140. The smallest absolute Gasteiger partial charge is 0.250 e. The minimum Gasteiger partial charge on any atom is -0.391 e. The highest BCUT2D eigenvalue weighted by Gasteiger charge is 2.29. The maximum absolute atomic E-state index is 12.3. The molecule has 2 N–H and O–H groups in total. The monoisotopic (exact) mass is 339 g/mol. The van der Waals surface area contributed by atoms with Gasteiger partial charge in [0.1, 0.15) is 4.21 Å². The van der Waals surface area contributed by atoms with Gasteiger partial charge in [0.25, 0.3) is 0 Å². The third-order valence-electron chi connectivity index (χ3n) is 3.36. The Kier molecular flexibility index (Phi) is 6.94. The SMILES string of the molecule is CCCC(O)[C@H](NS(=O)(=O)c1ccc(Cl)s1)[C@@H](C)CC.